The van der Waals surface area contributed by atoms with Crippen molar-refractivity contribution >= 4 is 6.09 Å². The minimum atomic E-state index is -0.850. The third-order valence-electron chi connectivity index (χ3n) is 0.556. The maximum atomic E-state index is 9.96. The highest BCUT2D eigenvalue weighted by Crippen LogP contribution is 1.87. The number of nitrogens with two attached hydrogens (primary N) is 1. The van der Waals surface area contributed by atoms with Crippen LogP contribution in [0.5, 0.6) is 0 Å². The summed E-state index contributed by atoms with van der Waals surface area (Å²) in [5.74, 6) is 0. The molecule has 0 heterocycles. The predicted molar refractivity (Wildman–Crippen MR) is 31.6 cm³/mol. The minimum Gasteiger partial charge on any atom is -0.870 e. The SMILES string of the molecule is CC(C)(C)[NH2+]C(=O)O.[OH-]. The largest absolute Gasteiger partial charge is 0.870 e. The molecule has 0 aromatic heterocycles. The van der Waals surface area contributed by atoms with Gasteiger partial charge in [-0.15, -0.1) is 0 Å². The van der Waals surface area contributed by atoms with Crippen molar-refractivity contribution in [3.8, 4) is 0 Å². The second kappa shape index (κ2) is 3.42. The summed E-state index contributed by atoms with van der Waals surface area (Å²) >= 11 is 0. The van der Waals surface area contributed by atoms with Gasteiger partial charge in [-0.1, -0.05) is 0 Å². The Morgan fingerprint density at radius 1 is 1.44 bits per heavy atom. The van der Waals surface area contributed by atoms with Gasteiger partial charge in [-0.05, 0) is 20.8 Å². The van der Waals surface area contributed by atoms with Crippen molar-refractivity contribution in [3.05, 3.63) is 0 Å². The van der Waals surface area contributed by atoms with Gasteiger partial charge in [0.15, 0.2) is 0 Å². The lowest BCUT2D eigenvalue weighted by molar-refractivity contribution is -0.637. The first-order valence-electron chi connectivity index (χ1n) is 2.51. The molecule has 0 aromatic rings. The molecule has 0 aliphatic carbocycles. The van der Waals surface area contributed by atoms with Crippen LogP contribution in [0.15, 0.2) is 0 Å². The first kappa shape index (κ1) is 11.2. The van der Waals surface area contributed by atoms with Crippen LogP contribution in [0.1, 0.15) is 20.8 Å². The van der Waals surface area contributed by atoms with Crippen molar-refractivity contribution in [1.82, 2.24) is 0 Å². The van der Waals surface area contributed by atoms with Crippen LogP contribution in [0.2, 0.25) is 0 Å². The molecule has 0 fully saturated rings. The highest BCUT2D eigenvalue weighted by molar-refractivity contribution is 5.52. The zero-order valence-corrected chi connectivity index (χ0v) is 5.88. The molecule has 0 aliphatic heterocycles. The van der Waals surface area contributed by atoms with E-state index in [1.807, 2.05) is 20.8 Å². The van der Waals surface area contributed by atoms with Crippen molar-refractivity contribution in [2.45, 2.75) is 26.3 Å². The molecule has 9 heavy (non-hydrogen) atoms. The van der Waals surface area contributed by atoms with Crippen LogP contribution in [-0.2, 0) is 0 Å². The zero-order valence-electron chi connectivity index (χ0n) is 5.88. The van der Waals surface area contributed by atoms with Gasteiger partial charge in [0.05, 0.1) is 5.54 Å². The molecule has 4 heteroatoms. The van der Waals surface area contributed by atoms with Crippen molar-refractivity contribution in [2.75, 3.05) is 0 Å². The number of carbonyl (C=O) groups is 1. The maximum Gasteiger partial charge on any atom is 0.510 e. The standard InChI is InChI=1S/C5H11NO2.H2O/c1-5(2,3)6-4(7)8;/h6H,1-3H3,(H,7,8);1H2. The van der Waals surface area contributed by atoms with Crippen LogP contribution in [0, 0.1) is 0 Å². The van der Waals surface area contributed by atoms with Crippen molar-refractivity contribution in [3.63, 3.8) is 0 Å². The fourth-order valence-corrected chi connectivity index (χ4v) is 0.370. The molecule has 0 unspecified atom stereocenters. The third-order valence-corrected chi connectivity index (χ3v) is 0.556. The van der Waals surface area contributed by atoms with Gasteiger partial charge in [0.25, 0.3) is 0 Å². The smallest absolute Gasteiger partial charge is 0.510 e. The molecule has 0 aliphatic rings. The Kier molecular flexibility index (Phi) is 4.27. The molecule has 4 N–H and O–H groups in total. The number of primary amides is 1. The molecule has 0 saturated heterocycles. The zero-order chi connectivity index (χ0) is 6.78. The lowest BCUT2D eigenvalue weighted by atomic mass is 10.1. The Hall–Kier alpha value is -0.610. The lowest BCUT2D eigenvalue weighted by Gasteiger charge is -2.10. The molecule has 1 amide bonds. The third kappa shape index (κ3) is 11.1. The van der Waals surface area contributed by atoms with E-state index < -0.39 is 6.09 Å². The summed E-state index contributed by atoms with van der Waals surface area (Å²) < 4.78 is 0. The van der Waals surface area contributed by atoms with Gasteiger partial charge in [-0.2, -0.15) is 4.79 Å². The Bertz CT molecular complexity index is 94.9. The number of rotatable bonds is 0. The second-order valence-corrected chi connectivity index (χ2v) is 2.85. The first-order valence-corrected chi connectivity index (χ1v) is 2.51. The van der Waals surface area contributed by atoms with Gasteiger partial charge >= 0.3 is 6.09 Å². The Labute approximate surface area is 54.2 Å². The molecular weight excluding hydrogens is 122 g/mol. The average molecular weight is 135 g/mol. The molecule has 0 aromatic carbocycles. The van der Waals surface area contributed by atoms with Crippen LogP contribution in [-0.4, -0.2) is 22.2 Å². The number of hydrogen-bond donors (Lipinski definition) is 2. The molecule has 4 nitrogen and oxygen atoms in total. The van der Waals surface area contributed by atoms with Crippen LogP contribution in [0.25, 0.3) is 0 Å². The summed E-state index contributed by atoms with van der Waals surface area (Å²) in [4.78, 5) is 9.96. The summed E-state index contributed by atoms with van der Waals surface area (Å²) in [7, 11) is 0. The first-order chi connectivity index (χ1) is 3.42. The monoisotopic (exact) mass is 135 g/mol. The summed E-state index contributed by atoms with van der Waals surface area (Å²) in [5, 5.41) is 9.46. The van der Waals surface area contributed by atoms with E-state index in [9.17, 15) is 4.79 Å². The lowest BCUT2D eigenvalue weighted by Crippen LogP contribution is -2.97. The van der Waals surface area contributed by atoms with E-state index in [4.69, 9.17) is 5.11 Å². The highest BCUT2D eigenvalue weighted by Gasteiger charge is 2.17. The summed E-state index contributed by atoms with van der Waals surface area (Å²) in [6.07, 6.45) is -0.850. The normalized spacial score (nSPS) is 10.1. The average Bonchev–Trinajstić information content (AvgIpc) is 1.21. The molecule has 0 bridgehead atoms. The molecule has 56 valence electrons. The van der Waals surface area contributed by atoms with E-state index in [2.05, 4.69) is 0 Å². The number of quaternary nitrogens is 1. The minimum absolute atomic E-state index is 0. The molecule has 0 radical (unpaired) electrons. The van der Waals surface area contributed by atoms with Gasteiger partial charge < -0.3 is 10.6 Å². The fraction of sp³-hybridized carbons (Fsp3) is 0.800. The number of carboxylic acid groups (broad SMARTS) is 1. The van der Waals surface area contributed by atoms with Crippen LogP contribution in [0.4, 0.5) is 4.79 Å². The van der Waals surface area contributed by atoms with Gasteiger partial charge in [0.1, 0.15) is 0 Å². The summed E-state index contributed by atoms with van der Waals surface area (Å²) in [5.41, 5.74) is -0.203. The molecule has 0 rings (SSSR count). The van der Waals surface area contributed by atoms with Gasteiger partial charge in [0, 0.05) is 0 Å². The Balaban J connectivity index is 0. The van der Waals surface area contributed by atoms with Gasteiger partial charge in [0.2, 0.25) is 0 Å². The van der Waals surface area contributed by atoms with Gasteiger partial charge in [-0.25, -0.2) is 5.32 Å². The fourth-order valence-electron chi connectivity index (χ4n) is 0.370. The van der Waals surface area contributed by atoms with Crippen molar-refractivity contribution in [2.24, 2.45) is 0 Å². The van der Waals surface area contributed by atoms with Crippen LogP contribution < -0.4 is 5.32 Å². The molecule has 0 spiro atoms. The van der Waals surface area contributed by atoms with E-state index in [-0.39, 0.29) is 11.0 Å². The summed E-state index contributed by atoms with van der Waals surface area (Å²) in [6, 6.07) is 0. The van der Waals surface area contributed by atoms with Gasteiger partial charge in [-0.3, -0.25) is 0 Å². The molecular formula is C5H13NO3. The second-order valence-electron chi connectivity index (χ2n) is 2.85. The summed E-state index contributed by atoms with van der Waals surface area (Å²) in [6.45, 7) is 5.54. The predicted octanol–water partition coefficient (Wildman–Crippen LogP) is -0.151. The molecule has 0 saturated carbocycles. The molecule has 0 atom stereocenters. The number of hydrogen-bond acceptors (Lipinski definition) is 2. The quantitative estimate of drug-likeness (QED) is 0.484. The topological polar surface area (TPSA) is 83.9 Å². The van der Waals surface area contributed by atoms with Crippen molar-refractivity contribution in [1.29, 1.82) is 0 Å². The maximum absolute atomic E-state index is 9.96. The van der Waals surface area contributed by atoms with E-state index in [1.165, 1.54) is 5.32 Å². The number of amides is 1. The van der Waals surface area contributed by atoms with Crippen LogP contribution >= 0.6 is 0 Å². The van der Waals surface area contributed by atoms with E-state index in [1.54, 1.807) is 0 Å². The van der Waals surface area contributed by atoms with E-state index in [0.29, 0.717) is 0 Å². The Morgan fingerprint density at radius 2 is 1.78 bits per heavy atom. The Morgan fingerprint density at radius 3 is 1.78 bits per heavy atom. The van der Waals surface area contributed by atoms with E-state index >= 15 is 0 Å². The highest BCUT2D eigenvalue weighted by atomic mass is 16.4. The van der Waals surface area contributed by atoms with Crippen LogP contribution in [0.3, 0.4) is 0 Å². The van der Waals surface area contributed by atoms with Crippen molar-refractivity contribution < 1.29 is 20.7 Å². The van der Waals surface area contributed by atoms with E-state index in [0.717, 1.165) is 0 Å².